The van der Waals surface area contributed by atoms with Gasteiger partial charge in [-0.25, -0.2) is 0 Å². The highest BCUT2D eigenvalue weighted by Gasteiger charge is 2.21. The molecule has 0 radical (unpaired) electrons. The second kappa shape index (κ2) is 6.14. The van der Waals surface area contributed by atoms with E-state index < -0.39 is 0 Å². The molecular formula is C18H17ClN4O. The summed E-state index contributed by atoms with van der Waals surface area (Å²) in [7, 11) is 0. The van der Waals surface area contributed by atoms with Gasteiger partial charge in [0, 0.05) is 17.1 Å². The molecule has 0 atom stereocenters. The van der Waals surface area contributed by atoms with Gasteiger partial charge in [0.05, 0.1) is 22.5 Å². The number of ether oxygens (including phenoxy) is 1. The van der Waals surface area contributed by atoms with Crippen molar-refractivity contribution in [2.75, 3.05) is 0 Å². The molecule has 3 aromatic rings. The molecule has 1 N–H and O–H groups in total. The highest BCUT2D eigenvalue weighted by molar-refractivity contribution is 6.31. The fraction of sp³-hybridized carbons (Fsp3) is 0.278. The lowest BCUT2D eigenvalue weighted by Crippen LogP contribution is -2.14. The highest BCUT2D eigenvalue weighted by Crippen LogP contribution is 2.36. The summed E-state index contributed by atoms with van der Waals surface area (Å²) in [6.07, 6.45) is 3.42. The number of nitriles is 1. The van der Waals surface area contributed by atoms with Gasteiger partial charge in [-0.15, -0.1) is 0 Å². The number of benzene rings is 1. The molecule has 122 valence electrons. The predicted octanol–water partition coefficient (Wildman–Crippen LogP) is 4.36. The van der Waals surface area contributed by atoms with E-state index in [9.17, 15) is 5.26 Å². The highest BCUT2D eigenvalue weighted by atomic mass is 35.5. The fourth-order valence-corrected chi connectivity index (χ4v) is 2.73. The van der Waals surface area contributed by atoms with Crippen molar-refractivity contribution in [2.24, 2.45) is 0 Å². The zero-order chi connectivity index (χ0) is 17.3. The van der Waals surface area contributed by atoms with Crippen LogP contribution in [0.3, 0.4) is 0 Å². The normalized spacial score (nSPS) is 11.5. The summed E-state index contributed by atoms with van der Waals surface area (Å²) in [6.45, 7) is 6.55. The Balaban J connectivity index is 1.96. The minimum absolute atomic E-state index is 0.160. The Bertz CT molecular complexity index is 934. The number of H-pyrrole nitrogens is 1. The summed E-state index contributed by atoms with van der Waals surface area (Å²) in [5.41, 5.74) is 2.85. The van der Waals surface area contributed by atoms with Gasteiger partial charge in [0.15, 0.2) is 0 Å². The van der Waals surface area contributed by atoms with E-state index in [0.717, 1.165) is 22.2 Å². The molecule has 6 heteroatoms. The number of halogens is 1. The van der Waals surface area contributed by atoms with Crippen LogP contribution < -0.4 is 4.74 Å². The van der Waals surface area contributed by atoms with Gasteiger partial charge in [0.25, 0.3) is 0 Å². The van der Waals surface area contributed by atoms with E-state index in [1.165, 1.54) is 0 Å². The lowest BCUT2D eigenvalue weighted by molar-refractivity contribution is 0.294. The molecule has 0 aliphatic heterocycles. The van der Waals surface area contributed by atoms with E-state index in [1.807, 2.05) is 12.1 Å². The molecule has 24 heavy (non-hydrogen) atoms. The van der Waals surface area contributed by atoms with Crippen LogP contribution in [0.2, 0.25) is 5.02 Å². The van der Waals surface area contributed by atoms with Crippen molar-refractivity contribution in [1.82, 2.24) is 15.2 Å². The van der Waals surface area contributed by atoms with Crippen LogP contribution in [0.5, 0.6) is 5.75 Å². The molecule has 0 aliphatic carbocycles. The van der Waals surface area contributed by atoms with Gasteiger partial charge >= 0.3 is 0 Å². The molecule has 0 bridgehead atoms. The van der Waals surface area contributed by atoms with E-state index >= 15 is 0 Å². The number of aromatic amines is 1. The standard InChI is InChI=1S/C18H17ClN4O/c1-18(2,3)13-7-14(19)11(8-20)6-17(13)24-10-16-12-4-5-21-9-15(12)22-23-16/h4-7,9H,10H2,1-3H3,(H,22,23). The Kier molecular flexibility index (Phi) is 4.16. The maximum atomic E-state index is 9.22. The first-order chi connectivity index (χ1) is 11.4. The van der Waals surface area contributed by atoms with Crippen molar-refractivity contribution in [2.45, 2.75) is 32.8 Å². The number of aromatic nitrogens is 3. The topological polar surface area (TPSA) is 74.6 Å². The summed E-state index contributed by atoms with van der Waals surface area (Å²) < 4.78 is 6.01. The number of hydrogen-bond donors (Lipinski definition) is 1. The Morgan fingerprint density at radius 1 is 1.33 bits per heavy atom. The Morgan fingerprint density at radius 2 is 2.12 bits per heavy atom. The zero-order valence-electron chi connectivity index (χ0n) is 13.7. The second-order valence-electron chi connectivity index (χ2n) is 6.57. The molecule has 3 rings (SSSR count). The molecule has 0 spiro atoms. The number of pyridine rings is 1. The molecule has 5 nitrogen and oxygen atoms in total. The molecule has 1 aromatic carbocycles. The minimum Gasteiger partial charge on any atom is -0.487 e. The van der Waals surface area contributed by atoms with Crippen LogP contribution in [-0.4, -0.2) is 15.2 Å². The lowest BCUT2D eigenvalue weighted by Gasteiger charge is -2.23. The average molecular weight is 341 g/mol. The minimum atomic E-state index is -0.160. The van der Waals surface area contributed by atoms with Crippen molar-refractivity contribution < 1.29 is 4.74 Å². The van der Waals surface area contributed by atoms with Crippen molar-refractivity contribution in [3.63, 3.8) is 0 Å². The van der Waals surface area contributed by atoms with Crippen molar-refractivity contribution in [3.05, 3.63) is 52.4 Å². The first kappa shape index (κ1) is 16.3. The molecule has 0 fully saturated rings. The van der Waals surface area contributed by atoms with E-state index in [2.05, 4.69) is 42.0 Å². The van der Waals surface area contributed by atoms with Crippen LogP contribution >= 0.6 is 11.6 Å². The number of nitrogens with one attached hydrogen (secondary N) is 1. The number of rotatable bonds is 3. The van der Waals surface area contributed by atoms with Crippen LogP contribution in [0.25, 0.3) is 10.9 Å². The van der Waals surface area contributed by atoms with Crippen molar-refractivity contribution in [1.29, 1.82) is 5.26 Å². The molecule has 2 aromatic heterocycles. The van der Waals surface area contributed by atoms with Crippen LogP contribution in [-0.2, 0) is 12.0 Å². The van der Waals surface area contributed by atoms with E-state index in [4.69, 9.17) is 16.3 Å². The molecular weight excluding hydrogens is 324 g/mol. The first-order valence-corrected chi connectivity index (χ1v) is 7.92. The number of nitrogens with zero attached hydrogens (tertiary/aromatic N) is 3. The van der Waals surface area contributed by atoms with Gasteiger partial charge < -0.3 is 4.74 Å². The van der Waals surface area contributed by atoms with Gasteiger partial charge in [-0.3, -0.25) is 10.1 Å². The van der Waals surface area contributed by atoms with Crippen molar-refractivity contribution >= 4 is 22.5 Å². The van der Waals surface area contributed by atoms with Gasteiger partial charge in [0.1, 0.15) is 23.9 Å². The smallest absolute Gasteiger partial charge is 0.130 e. The quantitative estimate of drug-likeness (QED) is 0.768. The van der Waals surface area contributed by atoms with Gasteiger partial charge in [-0.05, 0) is 23.6 Å². The lowest BCUT2D eigenvalue weighted by atomic mass is 9.86. The molecule has 2 heterocycles. The van der Waals surface area contributed by atoms with Gasteiger partial charge in [-0.1, -0.05) is 32.4 Å². The third kappa shape index (κ3) is 3.06. The third-order valence-electron chi connectivity index (χ3n) is 3.81. The maximum Gasteiger partial charge on any atom is 0.130 e. The van der Waals surface area contributed by atoms with Crippen LogP contribution in [0.15, 0.2) is 30.6 Å². The molecule has 0 amide bonds. The summed E-state index contributed by atoms with van der Waals surface area (Å²) in [4.78, 5) is 4.05. The summed E-state index contributed by atoms with van der Waals surface area (Å²) >= 11 is 6.18. The number of hydrogen-bond acceptors (Lipinski definition) is 4. The Morgan fingerprint density at radius 3 is 2.83 bits per heavy atom. The van der Waals surface area contributed by atoms with Gasteiger partial charge in [-0.2, -0.15) is 10.4 Å². The molecule has 0 saturated heterocycles. The average Bonchev–Trinajstić information content (AvgIpc) is 2.96. The summed E-state index contributed by atoms with van der Waals surface area (Å²) in [5.74, 6) is 0.653. The largest absolute Gasteiger partial charge is 0.487 e. The SMILES string of the molecule is CC(C)(C)c1cc(Cl)c(C#N)cc1OCc1[nH]nc2cnccc12. The number of fused-ring (bicyclic) bond motifs is 1. The zero-order valence-corrected chi connectivity index (χ0v) is 14.5. The fourth-order valence-electron chi connectivity index (χ4n) is 2.52. The van der Waals surface area contributed by atoms with E-state index in [0.29, 0.717) is 22.9 Å². The van der Waals surface area contributed by atoms with Gasteiger partial charge in [0.2, 0.25) is 0 Å². The van der Waals surface area contributed by atoms with E-state index in [-0.39, 0.29) is 5.41 Å². The van der Waals surface area contributed by atoms with Crippen LogP contribution in [0.4, 0.5) is 0 Å². The molecule has 0 aliphatic rings. The Labute approximate surface area is 145 Å². The molecule has 0 unspecified atom stereocenters. The predicted molar refractivity (Wildman–Crippen MR) is 93.1 cm³/mol. The van der Waals surface area contributed by atoms with Crippen LogP contribution in [0, 0.1) is 11.3 Å². The Hall–Kier alpha value is -2.58. The van der Waals surface area contributed by atoms with E-state index in [1.54, 1.807) is 18.5 Å². The van der Waals surface area contributed by atoms with Crippen molar-refractivity contribution in [3.8, 4) is 11.8 Å². The summed E-state index contributed by atoms with van der Waals surface area (Å²) in [6, 6.07) is 7.50. The molecule has 0 saturated carbocycles. The maximum absolute atomic E-state index is 9.22. The second-order valence-corrected chi connectivity index (χ2v) is 6.98. The monoisotopic (exact) mass is 340 g/mol. The summed E-state index contributed by atoms with van der Waals surface area (Å²) in [5, 5.41) is 17.8. The first-order valence-electron chi connectivity index (χ1n) is 7.54. The third-order valence-corrected chi connectivity index (χ3v) is 4.12. The van der Waals surface area contributed by atoms with Crippen LogP contribution in [0.1, 0.15) is 37.6 Å².